The Balaban J connectivity index is 1.90. The largest absolute Gasteiger partial charge is 0.506 e. The molecule has 0 atom stereocenters. The first kappa shape index (κ1) is 18.0. The topological polar surface area (TPSA) is 94.7 Å². The average Bonchev–Trinajstić information content (AvgIpc) is 2.58. The summed E-state index contributed by atoms with van der Waals surface area (Å²) in [5.74, 6) is -0.0397. The lowest BCUT2D eigenvalue weighted by molar-refractivity contribution is -0.123. The Morgan fingerprint density at radius 1 is 1.33 bits per heavy atom. The number of hydrazone groups is 1. The number of benzene rings is 2. The third-order valence-electron chi connectivity index (χ3n) is 2.81. The Bertz CT molecular complexity index is 809. The van der Waals surface area contributed by atoms with E-state index in [-0.39, 0.29) is 12.4 Å². The molecule has 2 rings (SSSR count). The first-order valence-corrected chi connectivity index (χ1v) is 8.21. The third kappa shape index (κ3) is 4.81. The Hall–Kier alpha value is -2.37. The normalized spacial score (nSPS) is 10.4. The number of nitrogens with zero attached hydrogens (tertiary/aromatic N) is 2. The lowest BCUT2D eigenvalue weighted by atomic mass is 10.2. The number of hydrogen-bond acceptors (Lipinski definition) is 5. The molecule has 0 heterocycles. The Kier molecular flexibility index (Phi) is 6.35. The minimum absolute atomic E-state index is 0.0840. The second-order valence-corrected chi connectivity index (χ2v) is 6.23. The maximum atomic E-state index is 11.7. The van der Waals surface area contributed by atoms with Crippen LogP contribution in [0.4, 0.5) is 0 Å². The molecule has 6 nitrogen and oxygen atoms in total. The summed E-state index contributed by atoms with van der Waals surface area (Å²) in [5.41, 5.74) is 3.35. The van der Waals surface area contributed by atoms with Crippen LogP contribution in [0.25, 0.3) is 0 Å². The zero-order valence-corrected chi connectivity index (χ0v) is 15.3. The quantitative estimate of drug-likeness (QED) is 0.537. The lowest BCUT2D eigenvalue weighted by Gasteiger charge is -2.06. The third-order valence-corrected chi connectivity index (χ3v) is 4.02. The van der Waals surface area contributed by atoms with Crippen LogP contribution in [0.15, 0.2) is 50.4 Å². The SMILES string of the molecule is N#Cc1ccccc1OCC(=O)NN=Cc1cc(Br)c(O)c(Br)c1. The fourth-order valence-electron chi connectivity index (χ4n) is 1.70. The van der Waals surface area contributed by atoms with Crippen molar-refractivity contribution in [3.05, 3.63) is 56.5 Å². The number of hydrogen-bond donors (Lipinski definition) is 2. The van der Waals surface area contributed by atoms with Gasteiger partial charge in [-0.1, -0.05) is 12.1 Å². The van der Waals surface area contributed by atoms with Gasteiger partial charge in [-0.3, -0.25) is 4.79 Å². The zero-order valence-electron chi connectivity index (χ0n) is 12.2. The maximum absolute atomic E-state index is 11.7. The van der Waals surface area contributed by atoms with Crippen molar-refractivity contribution in [1.82, 2.24) is 5.43 Å². The molecule has 0 saturated heterocycles. The van der Waals surface area contributed by atoms with Gasteiger partial charge in [0.25, 0.3) is 5.91 Å². The standard InChI is InChI=1S/C16H11Br2N3O3/c17-12-5-10(6-13(18)16(12)23)8-20-21-15(22)9-24-14-4-2-1-3-11(14)7-19/h1-6,8,23H,9H2,(H,21,22). The fraction of sp³-hybridized carbons (Fsp3) is 0.0625. The average molecular weight is 453 g/mol. The lowest BCUT2D eigenvalue weighted by Crippen LogP contribution is -2.24. The molecule has 2 aromatic carbocycles. The van der Waals surface area contributed by atoms with Crippen molar-refractivity contribution in [1.29, 1.82) is 5.26 Å². The number of carbonyl (C=O) groups is 1. The van der Waals surface area contributed by atoms with E-state index in [9.17, 15) is 9.90 Å². The van der Waals surface area contributed by atoms with Crippen molar-refractivity contribution in [3.63, 3.8) is 0 Å². The number of aromatic hydroxyl groups is 1. The van der Waals surface area contributed by atoms with Crippen molar-refractivity contribution in [3.8, 4) is 17.6 Å². The summed E-state index contributed by atoms with van der Waals surface area (Å²) in [5, 5.41) is 22.4. The van der Waals surface area contributed by atoms with E-state index in [1.807, 2.05) is 6.07 Å². The van der Waals surface area contributed by atoms with Crippen LogP contribution in [0.2, 0.25) is 0 Å². The molecule has 2 N–H and O–H groups in total. The Labute approximate surface area is 155 Å². The van der Waals surface area contributed by atoms with Crippen LogP contribution in [0.1, 0.15) is 11.1 Å². The van der Waals surface area contributed by atoms with Crippen LogP contribution in [0, 0.1) is 11.3 Å². The molecule has 2 aromatic rings. The van der Waals surface area contributed by atoms with E-state index >= 15 is 0 Å². The highest BCUT2D eigenvalue weighted by Gasteiger charge is 2.06. The van der Waals surface area contributed by atoms with Gasteiger partial charge < -0.3 is 9.84 Å². The highest BCUT2D eigenvalue weighted by molar-refractivity contribution is 9.11. The van der Waals surface area contributed by atoms with Gasteiger partial charge in [0, 0.05) is 0 Å². The number of rotatable bonds is 5. The molecular weight excluding hydrogens is 442 g/mol. The molecule has 0 fully saturated rings. The van der Waals surface area contributed by atoms with E-state index in [1.54, 1.807) is 36.4 Å². The predicted molar refractivity (Wildman–Crippen MR) is 95.9 cm³/mol. The van der Waals surface area contributed by atoms with E-state index in [0.717, 1.165) is 0 Å². The van der Waals surface area contributed by atoms with Gasteiger partial charge in [0.1, 0.15) is 17.6 Å². The zero-order chi connectivity index (χ0) is 17.5. The second kappa shape index (κ2) is 8.47. The summed E-state index contributed by atoms with van der Waals surface area (Å²) in [6.07, 6.45) is 1.43. The molecule has 0 aliphatic heterocycles. The number of phenols is 1. The number of nitriles is 1. The number of halogens is 2. The first-order chi connectivity index (χ1) is 11.5. The number of ether oxygens (including phenoxy) is 1. The molecule has 0 unspecified atom stereocenters. The molecular formula is C16H11Br2N3O3. The monoisotopic (exact) mass is 451 g/mol. The molecule has 0 bridgehead atoms. The minimum Gasteiger partial charge on any atom is -0.506 e. The molecule has 122 valence electrons. The number of amides is 1. The summed E-state index contributed by atoms with van der Waals surface area (Å²) in [6, 6.07) is 11.9. The van der Waals surface area contributed by atoms with Crippen LogP contribution in [-0.4, -0.2) is 23.8 Å². The van der Waals surface area contributed by atoms with Crippen LogP contribution in [0.3, 0.4) is 0 Å². The molecule has 0 aromatic heterocycles. The van der Waals surface area contributed by atoms with E-state index in [1.165, 1.54) is 6.21 Å². The molecule has 0 aliphatic rings. The van der Waals surface area contributed by atoms with Gasteiger partial charge >= 0.3 is 0 Å². The van der Waals surface area contributed by atoms with E-state index in [2.05, 4.69) is 42.4 Å². The molecule has 0 radical (unpaired) electrons. The van der Waals surface area contributed by atoms with E-state index < -0.39 is 5.91 Å². The molecule has 8 heteroatoms. The number of nitrogens with one attached hydrogen (secondary N) is 1. The van der Waals surface area contributed by atoms with Gasteiger partial charge in [-0.25, -0.2) is 5.43 Å². The van der Waals surface area contributed by atoms with E-state index in [0.29, 0.717) is 25.8 Å². The van der Waals surface area contributed by atoms with Gasteiger partial charge in [-0.15, -0.1) is 0 Å². The van der Waals surface area contributed by atoms with Gasteiger partial charge in [0.15, 0.2) is 6.61 Å². The molecule has 24 heavy (non-hydrogen) atoms. The fourth-order valence-corrected chi connectivity index (χ4v) is 2.92. The summed E-state index contributed by atoms with van der Waals surface area (Å²) in [7, 11) is 0. The van der Waals surface area contributed by atoms with Gasteiger partial charge in [0.2, 0.25) is 0 Å². The van der Waals surface area contributed by atoms with Crippen LogP contribution < -0.4 is 10.2 Å². The number of para-hydroxylation sites is 1. The summed E-state index contributed by atoms with van der Waals surface area (Å²) >= 11 is 6.41. The first-order valence-electron chi connectivity index (χ1n) is 6.63. The molecule has 1 amide bonds. The predicted octanol–water partition coefficient (Wildman–Crippen LogP) is 3.32. The molecule has 0 aliphatic carbocycles. The minimum atomic E-state index is -0.462. The van der Waals surface area contributed by atoms with Gasteiger partial charge in [-0.2, -0.15) is 10.4 Å². The maximum Gasteiger partial charge on any atom is 0.277 e. The Morgan fingerprint density at radius 3 is 2.67 bits per heavy atom. The summed E-state index contributed by atoms with van der Waals surface area (Å²) in [4.78, 5) is 11.7. The number of phenolic OH excluding ortho intramolecular Hbond substituents is 1. The molecule has 0 saturated carbocycles. The molecule has 0 spiro atoms. The second-order valence-electron chi connectivity index (χ2n) is 4.52. The smallest absolute Gasteiger partial charge is 0.277 e. The Morgan fingerprint density at radius 2 is 2.00 bits per heavy atom. The van der Waals surface area contributed by atoms with Crippen LogP contribution in [0.5, 0.6) is 11.5 Å². The van der Waals surface area contributed by atoms with E-state index in [4.69, 9.17) is 10.00 Å². The number of carbonyl (C=O) groups excluding carboxylic acids is 1. The van der Waals surface area contributed by atoms with Crippen molar-refractivity contribution in [2.75, 3.05) is 6.61 Å². The highest BCUT2D eigenvalue weighted by Crippen LogP contribution is 2.32. The summed E-state index contributed by atoms with van der Waals surface area (Å²) in [6.45, 7) is -0.265. The van der Waals surface area contributed by atoms with Crippen molar-refractivity contribution < 1.29 is 14.6 Å². The van der Waals surface area contributed by atoms with Gasteiger partial charge in [0.05, 0.1) is 20.7 Å². The summed E-state index contributed by atoms with van der Waals surface area (Å²) < 4.78 is 6.29. The van der Waals surface area contributed by atoms with Crippen molar-refractivity contribution in [2.45, 2.75) is 0 Å². The van der Waals surface area contributed by atoms with Gasteiger partial charge in [-0.05, 0) is 61.7 Å². The highest BCUT2D eigenvalue weighted by atomic mass is 79.9. The van der Waals surface area contributed by atoms with Crippen LogP contribution in [-0.2, 0) is 4.79 Å². The van der Waals surface area contributed by atoms with Crippen molar-refractivity contribution >= 4 is 44.0 Å². The van der Waals surface area contributed by atoms with Crippen LogP contribution >= 0.6 is 31.9 Å². The van der Waals surface area contributed by atoms with Crippen molar-refractivity contribution in [2.24, 2.45) is 5.10 Å².